The molecule has 2 aromatic carbocycles. The van der Waals surface area contributed by atoms with E-state index in [9.17, 15) is 5.26 Å². The van der Waals surface area contributed by atoms with E-state index in [4.69, 9.17) is 11.6 Å². The maximum absolute atomic E-state index is 9.49. The van der Waals surface area contributed by atoms with E-state index in [1.165, 1.54) is 16.9 Å². The predicted molar refractivity (Wildman–Crippen MR) is 106 cm³/mol. The van der Waals surface area contributed by atoms with Gasteiger partial charge in [-0.25, -0.2) is 4.98 Å². The molecule has 0 unspecified atom stereocenters. The highest BCUT2D eigenvalue weighted by Gasteiger charge is 2.09. The van der Waals surface area contributed by atoms with Crippen molar-refractivity contribution in [1.29, 1.82) is 5.26 Å². The molecule has 0 spiro atoms. The molecule has 5 heteroatoms. The summed E-state index contributed by atoms with van der Waals surface area (Å²) in [6, 6.07) is 15.8. The molecule has 3 aromatic rings. The molecule has 1 N–H and O–H groups in total. The highest BCUT2D eigenvalue weighted by atomic mass is 35.5. The molecular weight excluding hydrogens is 350 g/mol. The van der Waals surface area contributed by atoms with E-state index in [0.717, 1.165) is 22.5 Å². The Bertz CT molecular complexity index is 965. The number of hydrogen-bond acceptors (Lipinski definition) is 4. The van der Waals surface area contributed by atoms with Gasteiger partial charge in [-0.2, -0.15) is 5.26 Å². The molecule has 0 aliphatic rings. The molecular formula is C20H16ClN3S. The van der Waals surface area contributed by atoms with Gasteiger partial charge >= 0.3 is 0 Å². The maximum Gasteiger partial charge on any atom is 0.136 e. The number of nitrogens with one attached hydrogen (secondary N) is 1. The summed E-state index contributed by atoms with van der Waals surface area (Å²) in [5, 5.41) is 16.0. The predicted octanol–water partition coefficient (Wildman–Crippen LogP) is 6.06. The lowest BCUT2D eigenvalue weighted by Gasteiger charge is -2.08. The fourth-order valence-corrected chi connectivity index (χ4v) is 3.27. The van der Waals surface area contributed by atoms with Gasteiger partial charge in [0.15, 0.2) is 0 Å². The van der Waals surface area contributed by atoms with Crippen molar-refractivity contribution in [3.63, 3.8) is 0 Å². The molecule has 0 fully saturated rings. The van der Waals surface area contributed by atoms with Gasteiger partial charge in [-0.1, -0.05) is 35.9 Å². The summed E-state index contributed by atoms with van der Waals surface area (Å²) in [4.78, 5) is 4.58. The van der Waals surface area contributed by atoms with Gasteiger partial charge in [0.1, 0.15) is 16.6 Å². The monoisotopic (exact) mass is 365 g/mol. The van der Waals surface area contributed by atoms with Crippen LogP contribution in [0, 0.1) is 25.2 Å². The third-order valence-corrected chi connectivity index (χ3v) is 5.10. The topological polar surface area (TPSA) is 48.7 Å². The first kappa shape index (κ1) is 17.2. The standard InChI is InChI=1S/C20H16ClN3S/c1-13-4-3-5-18(14(13)2)23-11-16(10-22)20-24-19(12-25-20)15-6-8-17(21)9-7-15/h3-9,11-12,23H,1-2H3/b16-11-. The molecule has 124 valence electrons. The van der Waals surface area contributed by atoms with Crippen LogP contribution in [0.1, 0.15) is 16.1 Å². The zero-order valence-electron chi connectivity index (χ0n) is 13.9. The minimum atomic E-state index is 0.506. The van der Waals surface area contributed by atoms with Crippen molar-refractivity contribution in [2.24, 2.45) is 0 Å². The van der Waals surface area contributed by atoms with Crippen molar-refractivity contribution in [2.75, 3.05) is 5.32 Å². The zero-order chi connectivity index (χ0) is 17.8. The Hall–Kier alpha value is -2.61. The summed E-state index contributed by atoms with van der Waals surface area (Å²) in [6.07, 6.45) is 1.71. The van der Waals surface area contributed by atoms with E-state index in [-0.39, 0.29) is 0 Å². The highest BCUT2D eigenvalue weighted by Crippen LogP contribution is 2.27. The van der Waals surface area contributed by atoms with E-state index >= 15 is 0 Å². The number of thiazole rings is 1. The van der Waals surface area contributed by atoms with E-state index < -0.39 is 0 Å². The quantitative estimate of drug-likeness (QED) is 0.572. The van der Waals surface area contributed by atoms with Crippen LogP contribution in [0.4, 0.5) is 5.69 Å². The SMILES string of the molecule is Cc1cccc(N/C=C(/C#N)c2nc(-c3ccc(Cl)cc3)cs2)c1C. The van der Waals surface area contributed by atoms with Crippen molar-refractivity contribution in [3.05, 3.63) is 75.2 Å². The van der Waals surface area contributed by atoms with Crippen LogP contribution in [0.25, 0.3) is 16.8 Å². The van der Waals surface area contributed by atoms with Crippen molar-refractivity contribution in [2.45, 2.75) is 13.8 Å². The molecule has 25 heavy (non-hydrogen) atoms. The first-order valence-electron chi connectivity index (χ1n) is 7.73. The molecule has 0 aliphatic heterocycles. The molecule has 3 nitrogen and oxygen atoms in total. The number of allylic oxidation sites excluding steroid dienone is 1. The number of halogens is 1. The molecule has 3 rings (SSSR count). The number of hydrogen-bond donors (Lipinski definition) is 1. The molecule has 0 radical (unpaired) electrons. The Morgan fingerprint density at radius 3 is 2.68 bits per heavy atom. The summed E-state index contributed by atoms with van der Waals surface area (Å²) in [6.45, 7) is 4.12. The van der Waals surface area contributed by atoms with Gasteiger partial charge in [-0.05, 0) is 43.2 Å². The van der Waals surface area contributed by atoms with Crippen molar-refractivity contribution in [3.8, 4) is 17.3 Å². The van der Waals surface area contributed by atoms with Gasteiger partial charge in [0.25, 0.3) is 0 Å². The van der Waals surface area contributed by atoms with Crippen LogP contribution in [-0.4, -0.2) is 4.98 Å². The largest absolute Gasteiger partial charge is 0.360 e. The van der Waals surface area contributed by atoms with Crippen molar-refractivity contribution < 1.29 is 0 Å². The molecule has 0 aliphatic carbocycles. The number of aromatic nitrogens is 1. The number of benzene rings is 2. The molecule has 0 amide bonds. The fourth-order valence-electron chi connectivity index (χ4n) is 2.35. The average Bonchev–Trinajstić information content (AvgIpc) is 3.09. The summed E-state index contributed by atoms with van der Waals surface area (Å²) >= 11 is 7.37. The molecule has 0 bridgehead atoms. The molecule has 1 heterocycles. The summed E-state index contributed by atoms with van der Waals surface area (Å²) in [5.74, 6) is 0. The van der Waals surface area contributed by atoms with Gasteiger partial charge in [0.2, 0.25) is 0 Å². The fraction of sp³-hybridized carbons (Fsp3) is 0.100. The smallest absolute Gasteiger partial charge is 0.136 e. The molecule has 0 atom stereocenters. The Morgan fingerprint density at radius 1 is 1.20 bits per heavy atom. The third kappa shape index (κ3) is 3.90. The molecule has 0 saturated heterocycles. The van der Waals surface area contributed by atoms with Crippen LogP contribution >= 0.6 is 22.9 Å². The number of rotatable bonds is 4. The van der Waals surface area contributed by atoms with Gasteiger partial charge in [-0.15, -0.1) is 11.3 Å². The van der Waals surface area contributed by atoms with Crippen LogP contribution in [-0.2, 0) is 0 Å². The van der Waals surface area contributed by atoms with Crippen LogP contribution in [0.3, 0.4) is 0 Å². The van der Waals surface area contributed by atoms with E-state index in [1.807, 2.05) is 41.8 Å². The van der Waals surface area contributed by atoms with Crippen LogP contribution < -0.4 is 5.32 Å². The second kappa shape index (κ2) is 7.52. The Kier molecular flexibility index (Phi) is 5.18. The second-order valence-electron chi connectivity index (χ2n) is 5.61. The summed E-state index contributed by atoms with van der Waals surface area (Å²) in [5.41, 5.74) is 5.68. The normalized spacial score (nSPS) is 11.2. The van der Waals surface area contributed by atoms with Crippen molar-refractivity contribution in [1.82, 2.24) is 4.98 Å². The number of nitriles is 1. The summed E-state index contributed by atoms with van der Waals surface area (Å²) < 4.78 is 0. The van der Waals surface area contributed by atoms with Crippen LogP contribution in [0.5, 0.6) is 0 Å². The molecule has 1 aromatic heterocycles. The first-order chi connectivity index (χ1) is 12.1. The van der Waals surface area contributed by atoms with Crippen LogP contribution in [0.2, 0.25) is 5.02 Å². The number of anilines is 1. The minimum Gasteiger partial charge on any atom is -0.360 e. The van der Waals surface area contributed by atoms with E-state index in [2.05, 4.69) is 36.3 Å². The second-order valence-corrected chi connectivity index (χ2v) is 6.90. The Labute approximate surface area is 156 Å². The van der Waals surface area contributed by atoms with Crippen LogP contribution in [0.15, 0.2) is 54.0 Å². The lowest BCUT2D eigenvalue weighted by molar-refractivity contribution is 1.33. The van der Waals surface area contributed by atoms with Gasteiger partial charge in [0, 0.05) is 27.9 Å². The number of aryl methyl sites for hydroxylation is 1. The van der Waals surface area contributed by atoms with Crippen molar-refractivity contribution >= 4 is 34.2 Å². The highest BCUT2D eigenvalue weighted by molar-refractivity contribution is 7.11. The lowest BCUT2D eigenvalue weighted by Crippen LogP contribution is -1.95. The Morgan fingerprint density at radius 2 is 1.96 bits per heavy atom. The van der Waals surface area contributed by atoms with E-state index in [0.29, 0.717) is 15.6 Å². The summed E-state index contributed by atoms with van der Waals surface area (Å²) in [7, 11) is 0. The molecule has 0 saturated carbocycles. The average molecular weight is 366 g/mol. The lowest BCUT2D eigenvalue weighted by atomic mass is 10.1. The zero-order valence-corrected chi connectivity index (χ0v) is 15.4. The minimum absolute atomic E-state index is 0.506. The Balaban J connectivity index is 1.85. The third-order valence-electron chi connectivity index (χ3n) is 3.97. The van der Waals surface area contributed by atoms with Gasteiger partial charge < -0.3 is 5.32 Å². The van der Waals surface area contributed by atoms with E-state index in [1.54, 1.807) is 6.20 Å². The maximum atomic E-state index is 9.49. The number of nitrogens with zero attached hydrogens (tertiary/aromatic N) is 2. The van der Waals surface area contributed by atoms with Gasteiger partial charge in [-0.3, -0.25) is 0 Å². The first-order valence-corrected chi connectivity index (χ1v) is 8.99. The van der Waals surface area contributed by atoms with Gasteiger partial charge in [0.05, 0.1) is 5.69 Å².